The molecule has 27 heavy (non-hydrogen) atoms. The summed E-state index contributed by atoms with van der Waals surface area (Å²) in [5.74, 6) is 0.187. The Kier molecular flexibility index (Phi) is 6.01. The van der Waals surface area contributed by atoms with Crippen molar-refractivity contribution in [2.45, 2.75) is 38.8 Å². The standard InChI is InChI=1S/C19H23FN4O2.ClH/c1-11(13-4-5-17(15(20)8-13)26-10-12-2-3-12)22-19(25)18-14-9-21-7-6-16(14)23-24-18;/h4-5,8,11-12,21H,2-3,6-7,9-10H2,1H3,(H,22,25)(H,23,24);1H. The maximum Gasteiger partial charge on any atom is 0.272 e. The number of nitrogens with one attached hydrogen (secondary N) is 3. The predicted molar refractivity (Wildman–Crippen MR) is 102 cm³/mol. The Morgan fingerprint density at radius 3 is 3.00 bits per heavy atom. The van der Waals surface area contributed by atoms with Crippen molar-refractivity contribution in [1.29, 1.82) is 0 Å². The number of carbonyl (C=O) groups excluding carboxylic acids is 1. The SMILES string of the molecule is CC(NC(=O)c1n[nH]c2c1CNCC2)c1ccc(OCC2CC2)c(F)c1.Cl. The number of aromatic nitrogens is 2. The zero-order valence-corrected chi connectivity index (χ0v) is 16.0. The third-order valence-electron chi connectivity index (χ3n) is 5.00. The highest BCUT2D eigenvalue weighted by molar-refractivity contribution is 5.94. The van der Waals surface area contributed by atoms with Gasteiger partial charge in [0.1, 0.15) is 0 Å². The molecule has 1 aliphatic heterocycles. The van der Waals surface area contributed by atoms with Gasteiger partial charge in [-0.3, -0.25) is 9.89 Å². The molecule has 0 spiro atoms. The Morgan fingerprint density at radius 2 is 2.26 bits per heavy atom. The number of rotatable bonds is 6. The lowest BCUT2D eigenvalue weighted by molar-refractivity contribution is 0.0933. The molecule has 0 radical (unpaired) electrons. The van der Waals surface area contributed by atoms with Gasteiger partial charge in [0.15, 0.2) is 17.3 Å². The van der Waals surface area contributed by atoms with E-state index in [0.29, 0.717) is 30.3 Å². The fourth-order valence-corrected chi connectivity index (χ4v) is 3.16. The van der Waals surface area contributed by atoms with Gasteiger partial charge in [0.05, 0.1) is 12.6 Å². The number of nitrogens with zero attached hydrogens (tertiary/aromatic N) is 1. The molecule has 3 N–H and O–H groups in total. The second-order valence-electron chi connectivity index (χ2n) is 7.10. The summed E-state index contributed by atoms with van der Waals surface area (Å²) in [5.41, 5.74) is 3.02. The smallest absolute Gasteiger partial charge is 0.272 e. The monoisotopic (exact) mass is 394 g/mol. The largest absolute Gasteiger partial charge is 0.490 e. The minimum Gasteiger partial charge on any atom is -0.490 e. The van der Waals surface area contributed by atoms with Crippen molar-refractivity contribution in [3.63, 3.8) is 0 Å². The van der Waals surface area contributed by atoms with E-state index < -0.39 is 5.82 Å². The van der Waals surface area contributed by atoms with E-state index in [4.69, 9.17) is 4.74 Å². The van der Waals surface area contributed by atoms with Crippen LogP contribution in [0.2, 0.25) is 0 Å². The van der Waals surface area contributed by atoms with Crippen molar-refractivity contribution in [2.75, 3.05) is 13.2 Å². The fourth-order valence-electron chi connectivity index (χ4n) is 3.16. The highest BCUT2D eigenvalue weighted by Gasteiger charge is 2.24. The van der Waals surface area contributed by atoms with Crippen molar-refractivity contribution in [1.82, 2.24) is 20.8 Å². The van der Waals surface area contributed by atoms with Crippen LogP contribution in [0.4, 0.5) is 4.39 Å². The van der Waals surface area contributed by atoms with E-state index in [2.05, 4.69) is 20.8 Å². The first-order valence-electron chi connectivity index (χ1n) is 9.11. The Morgan fingerprint density at radius 1 is 1.44 bits per heavy atom. The van der Waals surface area contributed by atoms with Gasteiger partial charge in [-0.25, -0.2) is 4.39 Å². The number of H-pyrrole nitrogens is 1. The first-order valence-corrected chi connectivity index (χ1v) is 9.11. The van der Waals surface area contributed by atoms with Gasteiger partial charge in [-0.1, -0.05) is 6.07 Å². The van der Waals surface area contributed by atoms with Crippen LogP contribution in [0.25, 0.3) is 0 Å². The molecule has 1 aliphatic carbocycles. The number of hydrogen-bond donors (Lipinski definition) is 3. The molecule has 2 aliphatic rings. The molecule has 1 aromatic heterocycles. The molecule has 4 rings (SSSR count). The summed E-state index contributed by atoms with van der Waals surface area (Å²) in [6, 6.07) is 4.51. The Bertz CT molecular complexity index is 822. The number of ether oxygens (including phenoxy) is 1. The van der Waals surface area contributed by atoms with E-state index in [-0.39, 0.29) is 30.1 Å². The molecule has 1 aromatic carbocycles. The third-order valence-corrected chi connectivity index (χ3v) is 5.00. The molecule has 1 atom stereocenters. The molecule has 0 saturated heterocycles. The lowest BCUT2D eigenvalue weighted by atomic mass is 10.1. The second-order valence-corrected chi connectivity index (χ2v) is 7.10. The van der Waals surface area contributed by atoms with Gasteiger partial charge in [0.2, 0.25) is 0 Å². The van der Waals surface area contributed by atoms with Crippen LogP contribution in [0.5, 0.6) is 5.75 Å². The van der Waals surface area contributed by atoms with Gasteiger partial charge in [-0.05, 0) is 43.4 Å². The molecule has 6 nitrogen and oxygen atoms in total. The van der Waals surface area contributed by atoms with E-state index >= 15 is 0 Å². The van der Waals surface area contributed by atoms with Crippen molar-refractivity contribution >= 4 is 18.3 Å². The summed E-state index contributed by atoms with van der Waals surface area (Å²) in [4.78, 5) is 12.6. The summed E-state index contributed by atoms with van der Waals surface area (Å²) in [6.45, 7) is 3.90. The van der Waals surface area contributed by atoms with Crippen LogP contribution in [-0.2, 0) is 13.0 Å². The van der Waals surface area contributed by atoms with Gasteiger partial charge in [0.25, 0.3) is 5.91 Å². The van der Waals surface area contributed by atoms with Crippen molar-refractivity contribution in [2.24, 2.45) is 5.92 Å². The van der Waals surface area contributed by atoms with Crippen LogP contribution < -0.4 is 15.4 Å². The average molecular weight is 395 g/mol. The van der Waals surface area contributed by atoms with Crippen LogP contribution in [0, 0.1) is 11.7 Å². The van der Waals surface area contributed by atoms with Gasteiger partial charge in [0, 0.05) is 30.8 Å². The number of carbonyl (C=O) groups is 1. The highest BCUT2D eigenvalue weighted by Crippen LogP contribution is 2.30. The molecule has 2 heterocycles. The van der Waals surface area contributed by atoms with Crippen LogP contribution in [0.15, 0.2) is 18.2 Å². The van der Waals surface area contributed by atoms with Gasteiger partial charge < -0.3 is 15.4 Å². The number of fused-ring (bicyclic) bond motifs is 1. The number of aromatic amines is 1. The molecular formula is C19H24ClFN4O2. The van der Waals surface area contributed by atoms with Crippen LogP contribution in [0.1, 0.15) is 53.1 Å². The second kappa shape index (κ2) is 8.27. The first-order chi connectivity index (χ1) is 12.6. The van der Waals surface area contributed by atoms with Crippen molar-refractivity contribution < 1.29 is 13.9 Å². The van der Waals surface area contributed by atoms with Gasteiger partial charge in [-0.2, -0.15) is 5.10 Å². The van der Waals surface area contributed by atoms with E-state index in [1.165, 1.54) is 6.07 Å². The molecule has 1 unspecified atom stereocenters. The van der Waals surface area contributed by atoms with Crippen LogP contribution >= 0.6 is 12.4 Å². The zero-order valence-electron chi connectivity index (χ0n) is 15.2. The normalized spacial score (nSPS) is 16.8. The minimum atomic E-state index is -0.398. The first kappa shape index (κ1) is 19.6. The maximum absolute atomic E-state index is 14.3. The molecule has 1 fully saturated rings. The topological polar surface area (TPSA) is 79.0 Å². The summed E-state index contributed by atoms with van der Waals surface area (Å²) in [6.07, 6.45) is 3.16. The lowest BCUT2D eigenvalue weighted by Gasteiger charge is -2.16. The van der Waals surface area contributed by atoms with Gasteiger partial charge >= 0.3 is 0 Å². The van der Waals surface area contributed by atoms with Crippen LogP contribution in [0.3, 0.4) is 0 Å². The quantitative estimate of drug-likeness (QED) is 0.704. The molecule has 1 saturated carbocycles. The van der Waals surface area contributed by atoms with Gasteiger partial charge in [-0.15, -0.1) is 12.4 Å². The van der Waals surface area contributed by atoms with Crippen molar-refractivity contribution in [3.05, 3.63) is 46.5 Å². The third kappa shape index (κ3) is 4.42. The molecule has 146 valence electrons. The summed E-state index contributed by atoms with van der Waals surface area (Å²) in [7, 11) is 0. The van der Waals surface area contributed by atoms with E-state index in [1.807, 2.05) is 6.92 Å². The van der Waals surface area contributed by atoms with Crippen LogP contribution in [-0.4, -0.2) is 29.3 Å². The molecule has 1 amide bonds. The maximum atomic E-state index is 14.3. The molecule has 8 heteroatoms. The van der Waals surface area contributed by atoms with E-state index in [0.717, 1.165) is 37.1 Å². The van der Waals surface area contributed by atoms with E-state index in [1.54, 1.807) is 12.1 Å². The number of halogens is 2. The van der Waals surface area contributed by atoms with E-state index in [9.17, 15) is 9.18 Å². The average Bonchev–Trinajstić information content (AvgIpc) is 3.37. The zero-order chi connectivity index (χ0) is 18.1. The highest BCUT2D eigenvalue weighted by atomic mass is 35.5. The van der Waals surface area contributed by atoms with Crippen molar-refractivity contribution in [3.8, 4) is 5.75 Å². The summed E-state index contributed by atoms with van der Waals surface area (Å²) < 4.78 is 19.8. The minimum absolute atomic E-state index is 0. The molecule has 0 bridgehead atoms. The fraction of sp³-hybridized carbons (Fsp3) is 0.474. The molecular weight excluding hydrogens is 371 g/mol. The molecule has 2 aromatic rings. The predicted octanol–water partition coefficient (Wildman–Crippen LogP) is 2.90. The number of amides is 1. The Labute approximate surface area is 163 Å². The number of hydrogen-bond acceptors (Lipinski definition) is 4. The summed E-state index contributed by atoms with van der Waals surface area (Å²) in [5, 5.41) is 13.2. The Balaban J connectivity index is 0.00000210. The number of benzene rings is 1. The lowest BCUT2D eigenvalue weighted by Crippen LogP contribution is -2.30. The summed E-state index contributed by atoms with van der Waals surface area (Å²) >= 11 is 0. The Hall–Kier alpha value is -2.12.